The Morgan fingerprint density at radius 1 is 1.13 bits per heavy atom. The highest BCUT2D eigenvalue weighted by molar-refractivity contribution is 14.0. The first-order chi connectivity index (χ1) is 14.0. The molecule has 1 aromatic rings. The van der Waals surface area contributed by atoms with Gasteiger partial charge < -0.3 is 15.0 Å². The predicted molar refractivity (Wildman–Crippen MR) is 130 cm³/mol. The number of guanidine groups is 1. The monoisotopic (exact) mass is 548 g/mol. The first-order valence-electron chi connectivity index (χ1n) is 10.6. The largest absolute Gasteiger partial charge is 0.379 e. The van der Waals surface area contributed by atoms with Crippen molar-refractivity contribution in [2.75, 3.05) is 46.4 Å². The van der Waals surface area contributed by atoms with Gasteiger partial charge in [-0.2, -0.15) is 4.31 Å². The van der Waals surface area contributed by atoms with E-state index in [2.05, 4.69) is 15.2 Å². The highest BCUT2D eigenvalue weighted by Crippen LogP contribution is 2.47. The molecular formula is C21H33IN4O3S. The van der Waals surface area contributed by atoms with Crippen LogP contribution in [0.3, 0.4) is 0 Å². The number of nitrogens with one attached hydrogen (secondary N) is 1. The van der Waals surface area contributed by atoms with Gasteiger partial charge in [0.1, 0.15) is 0 Å². The Morgan fingerprint density at radius 3 is 2.43 bits per heavy atom. The molecule has 30 heavy (non-hydrogen) atoms. The highest BCUT2D eigenvalue weighted by Gasteiger charge is 2.43. The van der Waals surface area contributed by atoms with Gasteiger partial charge in [-0.15, -0.1) is 24.0 Å². The number of hydrogen-bond donors (Lipinski definition) is 1. The molecule has 3 aliphatic rings. The van der Waals surface area contributed by atoms with Gasteiger partial charge in [0, 0.05) is 39.8 Å². The minimum absolute atomic E-state index is 0. The van der Waals surface area contributed by atoms with Crippen LogP contribution in [0, 0.1) is 5.41 Å². The molecule has 2 heterocycles. The van der Waals surface area contributed by atoms with Crippen molar-refractivity contribution in [2.24, 2.45) is 10.4 Å². The number of benzene rings is 1. The van der Waals surface area contributed by atoms with E-state index in [1.807, 2.05) is 31.3 Å². The van der Waals surface area contributed by atoms with Gasteiger partial charge in [-0.25, -0.2) is 8.42 Å². The molecule has 1 aliphatic carbocycles. The zero-order valence-electron chi connectivity index (χ0n) is 17.7. The van der Waals surface area contributed by atoms with Crippen molar-refractivity contribution in [3.63, 3.8) is 0 Å². The maximum atomic E-state index is 12.8. The normalized spacial score (nSPS) is 21.9. The standard InChI is InChI=1S/C21H32N4O3S.HI/c1-22-20(24-10-9-21(17-24)7-4-8-21)23-15-18-5-2-3-6-19(18)16-29(26,27)25-11-13-28-14-12-25;/h2-3,5-6H,4,7-17H2,1H3,(H,22,23);1H. The molecule has 0 aromatic heterocycles. The number of morpholine rings is 1. The molecule has 1 aromatic carbocycles. The fourth-order valence-corrected chi connectivity index (χ4v) is 6.25. The second kappa shape index (κ2) is 10.1. The summed E-state index contributed by atoms with van der Waals surface area (Å²) in [4.78, 5) is 6.83. The molecule has 1 saturated carbocycles. The minimum atomic E-state index is -3.34. The number of hydrogen-bond acceptors (Lipinski definition) is 4. The maximum absolute atomic E-state index is 12.8. The van der Waals surface area contributed by atoms with E-state index < -0.39 is 10.0 Å². The van der Waals surface area contributed by atoms with Gasteiger partial charge in [-0.3, -0.25) is 4.99 Å². The van der Waals surface area contributed by atoms with E-state index in [4.69, 9.17) is 4.74 Å². The summed E-state index contributed by atoms with van der Waals surface area (Å²) in [5.41, 5.74) is 2.36. The van der Waals surface area contributed by atoms with E-state index in [1.54, 1.807) is 4.31 Å². The molecule has 1 spiro atoms. The van der Waals surface area contributed by atoms with E-state index in [9.17, 15) is 8.42 Å². The fraction of sp³-hybridized carbons (Fsp3) is 0.667. The zero-order valence-corrected chi connectivity index (χ0v) is 20.8. The molecule has 0 unspecified atom stereocenters. The van der Waals surface area contributed by atoms with Crippen LogP contribution in [-0.2, 0) is 27.1 Å². The lowest BCUT2D eigenvalue weighted by molar-refractivity contribution is 0.0729. The molecule has 0 atom stereocenters. The summed E-state index contributed by atoms with van der Waals surface area (Å²) in [5.74, 6) is 0.940. The molecule has 3 fully saturated rings. The Labute approximate surface area is 197 Å². The molecule has 7 nitrogen and oxygen atoms in total. The van der Waals surface area contributed by atoms with Crippen LogP contribution in [-0.4, -0.2) is 70.0 Å². The third kappa shape index (κ3) is 5.28. The van der Waals surface area contributed by atoms with E-state index >= 15 is 0 Å². The molecule has 9 heteroatoms. The molecular weight excluding hydrogens is 515 g/mol. The van der Waals surface area contributed by atoms with E-state index in [1.165, 1.54) is 25.7 Å². The average Bonchev–Trinajstić information content (AvgIpc) is 3.16. The zero-order chi connectivity index (χ0) is 20.3. The van der Waals surface area contributed by atoms with Crippen molar-refractivity contribution >= 4 is 40.0 Å². The Bertz CT molecular complexity index is 852. The molecule has 168 valence electrons. The maximum Gasteiger partial charge on any atom is 0.218 e. The molecule has 1 N–H and O–H groups in total. The van der Waals surface area contributed by atoms with Crippen LogP contribution in [0.1, 0.15) is 36.8 Å². The quantitative estimate of drug-likeness (QED) is 0.348. The molecule has 4 rings (SSSR count). The van der Waals surface area contributed by atoms with Crippen LogP contribution in [0.25, 0.3) is 0 Å². The SMILES string of the molecule is CN=C(NCc1ccccc1CS(=O)(=O)N1CCOCC1)N1CCC2(CCC2)C1.I. The number of nitrogens with zero attached hydrogens (tertiary/aromatic N) is 3. The van der Waals surface area contributed by atoms with Crippen LogP contribution in [0.5, 0.6) is 0 Å². The lowest BCUT2D eigenvalue weighted by Gasteiger charge is -2.38. The van der Waals surface area contributed by atoms with Crippen molar-refractivity contribution in [1.82, 2.24) is 14.5 Å². The molecule has 2 aliphatic heterocycles. The third-order valence-electron chi connectivity index (χ3n) is 6.62. The number of ether oxygens (including phenoxy) is 1. The molecule has 0 amide bonds. The van der Waals surface area contributed by atoms with Gasteiger partial charge in [-0.05, 0) is 35.8 Å². The summed E-state index contributed by atoms with van der Waals surface area (Å²) >= 11 is 0. The van der Waals surface area contributed by atoms with Crippen LogP contribution in [0.4, 0.5) is 0 Å². The van der Waals surface area contributed by atoms with Crippen LogP contribution >= 0.6 is 24.0 Å². The fourth-order valence-electron chi connectivity index (χ4n) is 4.69. The highest BCUT2D eigenvalue weighted by atomic mass is 127. The van der Waals surface area contributed by atoms with Crippen molar-refractivity contribution < 1.29 is 13.2 Å². The van der Waals surface area contributed by atoms with Gasteiger partial charge in [0.25, 0.3) is 0 Å². The second-order valence-corrected chi connectivity index (χ2v) is 10.4. The first kappa shape index (κ1) is 23.7. The number of sulfonamides is 1. The van der Waals surface area contributed by atoms with Gasteiger partial charge in [0.2, 0.25) is 10.0 Å². The van der Waals surface area contributed by atoms with E-state index in [0.717, 1.165) is 30.2 Å². The Kier molecular flexibility index (Phi) is 8.03. The summed E-state index contributed by atoms with van der Waals surface area (Å²) in [6.07, 6.45) is 5.28. The number of aliphatic imine (C=N–C) groups is 1. The Balaban J connectivity index is 0.00000256. The number of likely N-dealkylation sites (tertiary alicyclic amines) is 1. The van der Waals surface area contributed by atoms with Gasteiger partial charge in [0.05, 0.1) is 19.0 Å². The molecule has 0 bridgehead atoms. The lowest BCUT2D eigenvalue weighted by Crippen LogP contribution is -2.42. The van der Waals surface area contributed by atoms with Gasteiger partial charge >= 0.3 is 0 Å². The summed E-state index contributed by atoms with van der Waals surface area (Å²) in [6, 6.07) is 7.78. The van der Waals surface area contributed by atoms with Crippen LogP contribution in [0.15, 0.2) is 29.3 Å². The molecule has 0 radical (unpaired) electrons. The average molecular weight is 548 g/mol. The Morgan fingerprint density at radius 2 is 1.83 bits per heavy atom. The van der Waals surface area contributed by atoms with Crippen molar-refractivity contribution in [3.05, 3.63) is 35.4 Å². The lowest BCUT2D eigenvalue weighted by atomic mass is 9.68. The van der Waals surface area contributed by atoms with Crippen LogP contribution in [0.2, 0.25) is 0 Å². The number of rotatable bonds is 5. The third-order valence-corrected chi connectivity index (χ3v) is 8.45. The van der Waals surface area contributed by atoms with E-state index in [-0.39, 0.29) is 29.7 Å². The summed E-state index contributed by atoms with van der Waals surface area (Å²) in [5, 5.41) is 3.47. The second-order valence-electron chi connectivity index (χ2n) is 8.46. The summed E-state index contributed by atoms with van der Waals surface area (Å²) < 4.78 is 32.5. The first-order valence-corrected chi connectivity index (χ1v) is 12.2. The van der Waals surface area contributed by atoms with Crippen molar-refractivity contribution in [2.45, 2.75) is 38.0 Å². The molecule has 2 saturated heterocycles. The predicted octanol–water partition coefficient (Wildman–Crippen LogP) is 2.42. The van der Waals surface area contributed by atoms with Crippen molar-refractivity contribution in [1.29, 1.82) is 0 Å². The van der Waals surface area contributed by atoms with Gasteiger partial charge in [0.15, 0.2) is 5.96 Å². The van der Waals surface area contributed by atoms with Crippen molar-refractivity contribution in [3.8, 4) is 0 Å². The van der Waals surface area contributed by atoms with Crippen LogP contribution < -0.4 is 5.32 Å². The Hall–Kier alpha value is -0.910. The minimum Gasteiger partial charge on any atom is -0.379 e. The number of halogens is 1. The van der Waals surface area contributed by atoms with E-state index in [0.29, 0.717) is 38.3 Å². The smallest absolute Gasteiger partial charge is 0.218 e. The summed E-state index contributed by atoms with van der Waals surface area (Å²) in [6.45, 7) is 4.52. The van der Waals surface area contributed by atoms with Gasteiger partial charge in [-0.1, -0.05) is 30.7 Å². The summed E-state index contributed by atoms with van der Waals surface area (Å²) in [7, 11) is -1.52. The topological polar surface area (TPSA) is 74.2 Å².